The largest absolute Gasteiger partial charge is 0.456 e. The maximum Gasteiger partial charge on any atom is 0.306 e. The number of rotatable bonds is 8. The summed E-state index contributed by atoms with van der Waals surface area (Å²) >= 11 is 7.34. The van der Waals surface area contributed by atoms with Crippen molar-refractivity contribution in [2.75, 3.05) is 12.9 Å². The molecule has 2 rings (SSSR count). The van der Waals surface area contributed by atoms with Crippen molar-refractivity contribution in [1.82, 2.24) is 15.3 Å². The molecule has 0 unspecified atom stereocenters. The number of amides is 1. The van der Waals surface area contributed by atoms with Crippen molar-refractivity contribution in [3.8, 4) is 0 Å². The molecular weight excluding hydrogens is 398 g/mol. The molecule has 0 aliphatic heterocycles. The van der Waals surface area contributed by atoms with Crippen molar-refractivity contribution in [2.24, 2.45) is 0 Å². The maximum absolute atomic E-state index is 12.0. The monoisotopic (exact) mass is 421 g/mol. The molecule has 0 saturated carbocycles. The lowest BCUT2D eigenvalue weighted by Gasteiger charge is -2.14. The number of carbonyl (C=O) groups is 2. The lowest BCUT2D eigenvalue weighted by atomic mass is 10.1. The molecule has 8 heteroatoms. The van der Waals surface area contributed by atoms with Gasteiger partial charge in [0, 0.05) is 22.8 Å². The highest BCUT2D eigenvalue weighted by Crippen LogP contribution is 2.18. The number of nitrogens with zero attached hydrogens (tertiary/aromatic N) is 2. The summed E-state index contributed by atoms with van der Waals surface area (Å²) in [7, 11) is 0. The molecule has 0 aliphatic rings. The van der Waals surface area contributed by atoms with Gasteiger partial charge in [0.15, 0.2) is 11.8 Å². The second-order valence-corrected chi connectivity index (χ2v) is 7.57. The van der Waals surface area contributed by atoms with Crippen molar-refractivity contribution < 1.29 is 14.3 Å². The number of benzene rings is 1. The minimum Gasteiger partial charge on any atom is -0.456 e. The summed E-state index contributed by atoms with van der Waals surface area (Å²) in [6, 6.07) is 7.00. The molecule has 0 bridgehead atoms. The van der Waals surface area contributed by atoms with E-state index >= 15 is 0 Å². The molecule has 6 nitrogen and oxygen atoms in total. The second-order valence-electron chi connectivity index (χ2n) is 6.36. The normalized spacial score (nSPS) is 11.8. The van der Waals surface area contributed by atoms with Crippen LogP contribution in [0.2, 0.25) is 5.02 Å². The zero-order valence-electron chi connectivity index (χ0n) is 16.4. The Bertz CT molecular complexity index is 820. The summed E-state index contributed by atoms with van der Waals surface area (Å²) in [6.07, 6.45) is 2.57. The van der Waals surface area contributed by atoms with Crippen molar-refractivity contribution in [1.29, 1.82) is 0 Å². The highest BCUT2D eigenvalue weighted by Gasteiger charge is 2.14. The Morgan fingerprint density at radius 1 is 1.18 bits per heavy atom. The first kappa shape index (κ1) is 22.2. The number of halogens is 1. The average molecular weight is 422 g/mol. The van der Waals surface area contributed by atoms with E-state index in [0.717, 1.165) is 22.5 Å². The number of esters is 1. The average Bonchev–Trinajstić information content (AvgIpc) is 2.66. The van der Waals surface area contributed by atoms with Gasteiger partial charge >= 0.3 is 5.97 Å². The third kappa shape index (κ3) is 6.49. The molecular formula is C20H24ClN3O3S. The zero-order chi connectivity index (χ0) is 20.7. The summed E-state index contributed by atoms with van der Waals surface area (Å²) in [5.41, 5.74) is 3.58. The van der Waals surface area contributed by atoms with Gasteiger partial charge < -0.3 is 10.1 Å². The van der Waals surface area contributed by atoms with Gasteiger partial charge in [0.1, 0.15) is 0 Å². The molecule has 150 valence electrons. The summed E-state index contributed by atoms with van der Waals surface area (Å²) < 4.78 is 5.09. The number of aromatic nitrogens is 2. The number of nitrogens with one attached hydrogen (secondary N) is 1. The summed E-state index contributed by atoms with van der Waals surface area (Å²) in [5.74, 6) is -0.780. The van der Waals surface area contributed by atoms with E-state index in [1.807, 2.05) is 39.2 Å². The van der Waals surface area contributed by atoms with Crippen LogP contribution in [0.5, 0.6) is 0 Å². The third-order valence-electron chi connectivity index (χ3n) is 4.27. The molecule has 0 aliphatic carbocycles. The Kier molecular flexibility index (Phi) is 8.26. The lowest BCUT2D eigenvalue weighted by molar-refractivity contribution is -0.148. The number of thioether (sulfide) groups is 1. The third-order valence-corrected chi connectivity index (χ3v) is 5.07. The van der Waals surface area contributed by atoms with Crippen LogP contribution >= 0.6 is 23.4 Å². The second kappa shape index (κ2) is 10.4. The highest BCUT2D eigenvalue weighted by molar-refractivity contribution is 7.98. The van der Waals surface area contributed by atoms with E-state index in [4.69, 9.17) is 16.3 Å². The first-order valence-electron chi connectivity index (χ1n) is 8.88. The van der Waals surface area contributed by atoms with Crippen molar-refractivity contribution in [2.45, 2.75) is 44.8 Å². The Labute approximate surface area is 174 Å². The Morgan fingerprint density at radius 3 is 2.36 bits per heavy atom. The van der Waals surface area contributed by atoms with E-state index in [9.17, 15) is 9.59 Å². The van der Waals surface area contributed by atoms with Crippen LogP contribution in [0.25, 0.3) is 0 Å². The van der Waals surface area contributed by atoms with Crippen LogP contribution in [-0.4, -0.2) is 34.7 Å². The van der Waals surface area contributed by atoms with Gasteiger partial charge in [-0.05, 0) is 56.7 Å². The van der Waals surface area contributed by atoms with Crippen LogP contribution in [-0.2, 0) is 20.7 Å². The number of ether oxygens (including phenoxy) is 1. The van der Waals surface area contributed by atoms with Gasteiger partial charge in [-0.1, -0.05) is 35.5 Å². The van der Waals surface area contributed by atoms with Crippen LogP contribution in [0.3, 0.4) is 0 Å². The van der Waals surface area contributed by atoms with Gasteiger partial charge in [-0.25, -0.2) is 9.97 Å². The van der Waals surface area contributed by atoms with Gasteiger partial charge in [-0.2, -0.15) is 0 Å². The van der Waals surface area contributed by atoms with Gasteiger partial charge in [-0.3, -0.25) is 9.59 Å². The van der Waals surface area contributed by atoms with Crippen LogP contribution in [0.15, 0.2) is 29.4 Å². The molecule has 1 aromatic heterocycles. The van der Waals surface area contributed by atoms with Crippen LogP contribution in [0, 0.1) is 13.8 Å². The van der Waals surface area contributed by atoms with Crippen LogP contribution < -0.4 is 5.32 Å². The molecule has 0 saturated heterocycles. The van der Waals surface area contributed by atoms with E-state index in [1.54, 1.807) is 12.1 Å². The number of hydrogen-bond acceptors (Lipinski definition) is 6. The summed E-state index contributed by atoms with van der Waals surface area (Å²) in [6.45, 7) is 5.35. The topological polar surface area (TPSA) is 81.2 Å². The molecule has 1 amide bonds. The molecule has 0 fully saturated rings. The first-order chi connectivity index (χ1) is 13.3. The number of aryl methyl sites for hydroxylation is 2. The first-order valence-corrected chi connectivity index (χ1v) is 10.5. The zero-order valence-corrected chi connectivity index (χ0v) is 18.0. The number of hydrogen-bond donors (Lipinski definition) is 1. The van der Waals surface area contributed by atoms with Crippen molar-refractivity contribution in [3.63, 3.8) is 0 Å². The molecule has 1 aromatic carbocycles. The minimum atomic E-state index is -0.429. The van der Waals surface area contributed by atoms with Gasteiger partial charge in [-0.15, -0.1) is 0 Å². The SMILES string of the molecule is CSc1nc(C)c(CCC(=O)OCC(=O)N[C@H](C)c2ccc(Cl)cc2)c(C)n1. The van der Waals surface area contributed by atoms with E-state index in [1.165, 1.54) is 11.8 Å². The quantitative estimate of drug-likeness (QED) is 0.396. The van der Waals surface area contributed by atoms with Crippen molar-refractivity contribution in [3.05, 3.63) is 51.8 Å². The highest BCUT2D eigenvalue weighted by atomic mass is 35.5. The molecule has 1 N–H and O–H groups in total. The number of carbonyl (C=O) groups excluding carboxylic acids is 2. The standard InChI is InChI=1S/C20H24ClN3O3S/c1-12(15-5-7-16(21)8-6-15)22-18(25)11-27-19(26)10-9-17-13(2)23-20(28-4)24-14(17)3/h5-8,12H,9-11H2,1-4H3,(H,22,25)/t12-/m1/s1. The van der Waals surface area contributed by atoms with Crippen LogP contribution in [0.1, 0.15) is 41.9 Å². The van der Waals surface area contributed by atoms with Gasteiger partial charge in [0.2, 0.25) is 0 Å². The minimum absolute atomic E-state index is 0.170. The van der Waals surface area contributed by atoms with E-state index in [-0.39, 0.29) is 25.0 Å². The molecule has 0 radical (unpaired) electrons. The van der Waals surface area contributed by atoms with Gasteiger partial charge in [0.05, 0.1) is 6.04 Å². The van der Waals surface area contributed by atoms with E-state index < -0.39 is 5.97 Å². The smallest absolute Gasteiger partial charge is 0.306 e. The Hall–Kier alpha value is -2.12. The molecule has 1 heterocycles. The molecule has 28 heavy (non-hydrogen) atoms. The predicted molar refractivity (Wildman–Crippen MR) is 111 cm³/mol. The summed E-state index contributed by atoms with van der Waals surface area (Å²) in [4.78, 5) is 32.8. The fraction of sp³-hybridized carbons (Fsp3) is 0.400. The molecule has 2 aromatic rings. The van der Waals surface area contributed by atoms with Gasteiger partial charge in [0.25, 0.3) is 5.91 Å². The van der Waals surface area contributed by atoms with Crippen molar-refractivity contribution >= 4 is 35.2 Å². The Morgan fingerprint density at radius 2 is 1.79 bits per heavy atom. The molecule has 1 atom stereocenters. The van der Waals surface area contributed by atoms with E-state index in [2.05, 4.69) is 15.3 Å². The Balaban J connectivity index is 1.79. The maximum atomic E-state index is 12.0. The molecule has 0 spiro atoms. The van der Waals surface area contributed by atoms with Crippen LogP contribution in [0.4, 0.5) is 0 Å². The summed E-state index contributed by atoms with van der Waals surface area (Å²) in [5, 5.41) is 4.14. The lowest BCUT2D eigenvalue weighted by Crippen LogP contribution is -2.31. The fourth-order valence-electron chi connectivity index (χ4n) is 2.72. The predicted octanol–water partition coefficient (Wildman–Crippen LogP) is 3.82. The van der Waals surface area contributed by atoms with E-state index in [0.29, 0.717) is 16.6 Å². The fourth-order valence-corrected chi connectivity index (χ4v) is 3.31.